The van der Waals surface area contributed by atoms with Crippen LogP contribution in [0.3, 0.4) is 0 Å². The number of carboxylic acid groups (broad SMARTS) is 1. The highest BCUT2D eigenvalue weighted by Gasteiger charge is 2.29. The molecule has 7 rings (SSSR count). The van der Waals surface area contributed by atoms with Gasteiger partial charge in [0.05, 0.1) is 21.7 Å². The Morgan fingerprint density at radius 3 is 2.23 bits per heavy atom. The molecule has 2 amide bonds. The minimum Gasteiger partial charge on any atom is -0.489 e. The van der Waals surface area contributed by atoms with Gasteiger partial charge >= 0.3 is 5.97 Å². The Morgan fingerprint density at radius 1 is 0.867 bits per heavy atom. The molecule has 308 valence electrons. The van der Waals surface area contributed by atoms with Crippen LogP contribution in [0, 0.1) is 17.2 Å². The standard InChI is InChI=1S/C47H43Cl2N3O8/c1-28(45(53)52-40(47(55)56)21-29-4-9-32(10-5-29)33-11-6-30(24-50)7-12-33)19-35-22-42-43(23-36(35)25-51-46(54)41-3-2-18-57-41)60-44(27-59-42)34-13-15-37(16-14-34)58-26-31-8-17-38(48)39(49)20-31/h4-17,20,22-23,28,40-41,44H,2-3,18-19,21,25-27H2,1H3,(H,51,54)(H,52,53)(H,55,56)/t28-,40-,41?,44?/m0/s1. The molecule has 3 N–H and O–H groups in total. The first-order valence-electron chi connectivity index (χ1n) is 19.7. The fourth-order valence-corrected chi connectivity index (χ4v) is 7.44. The molecule has 1 fully saturated rings. The molecule has 0 aromatic heterocycles. The Hall–Kier alpha value is -6.06. The molecule has 60 heavy (non-hydrogen) atoms. The molecule has 0 radical (unpaired) electrons. The number of carboxylic acids is 1. The normalized spacial score (nSPS) is 16.6. The summed E-state index contributed by atoms with van der Waals surface area (Å²) in [7, 11) is 0. The fourth-order valence-electron chi connectivity index (χ4n) is 7.12. The predicted octanol–water partition coefficient (Wildman–Crippen LogP) is 8.41. The molecule has 0 bridgehead atoms. The number of carbonyl (C=O) groups is 3. The van der Waals surface area contributed by atoms with Crippen molar-refractivity contribution in [3.8, 4) is 34.4 Å². The maximum Gasteiger partial charge on any atom is 0.326 e. The van der Waals surface area contributed by atoms with Gasteiger partial charge in [0, 0.05) is 25.5 Å². The van der Waals surface area contributed by atoms with Crippen LogP contribution in [0.5, 0.6) is 17.2 Å². The maximum absolute atomic E-state index is 13.6. The first kappa shape index (κ1) is 42.1. The van der Waals surface area contributed by atoms with Gasteiger partial charge in [-0.3, -0.25) is 9.59 Å². The van der Waals surface area contributed by atoms with Crippen molar-refractivity contribution >= 4 is 41.0 Å². The van der Waals surface area contributed by atoms with Crippen molar-refractivity contribution < 1.29 is 38.4 Å². The van der Waals surface area contributed by atoms with Crippen LogP contribution in [0.25, 0.3) is 11.1 Å². The average Bonchev–Trinajstić information content (AvgIpc) is 3.82. The third-order valence-corrected chi connectivity index (χ3v) is 11.3. The lowest BCUT2D eigenvalue weighted by Gasteiger charge is -2.29. The summed E-state index contributed by atoms with van der Waals surface area (Å²) in [5, 5.41) is 25.8. The first-order chi connectivity index (χ1) is 29.0. The number of nitriles is 1. The van der Waals surface area contributed by atoms with E-state index in [0.717, 1.165) is 45.4 Å². The van der Waals surface area contributed by atoms with Gasteiger partial charge in [0.15, 0.2) is 17.6 Å². The number of halogens is 2. The van der Waals surface area contributed by atoms with E-state index < -0.39 is 36.0 Å². The van der Waals surface area contributed by atoms with E-state index in [0.29, 0.717) is 52.5 Å². The van der Waals surface area contributed by atoms with E-state index in [2.05, 4.69) is 16.7 Å². The number of ether oxygens (including phenoxy) is 4. The summed E-state index contributed by atoms with van der Waals surface area (Å²) < 4.78 is 24.2. The minimum atomic E-state index is -1.16. The van der Waals surface area contributed by atoms with Gasteiger partial charge in [-0.2, -0.15) is 5.26 Å². The van der Waals surface area contributed by atoms with Crippen LogP contribution in [0.15, 0.2) is 103 Å². The quantitative estimate of drug-likeness (QED) is 0.0942. The third kappa shape index (κ3) is 10.6. The van der Waals surface area contributed by atoms with Crippen LogP contribution in [-0.2, 0) is 45.1 Å². The van der Waals surface area contributed by atoms with E-state index in [1.54, 1.807) is 31.2 Å². The molecule has 1 saturated heterocycles. The molecule has 2 unspecified atom stereocenters. The van der Waals surface area contributed by atoms with Crippen molar-refractivity contribution in [2.24, 2.45) is 5.92 Å². The highest BCUT2D eigenvalue weighted by Crippen LogP contribution is 2.39. The summed E-state index contributed by atoms with van der Waals surface area (Å²) in [6.07, 6.45) is 0.841. The van der Waals surface area contributed by atoms with Crippen molar-refractivity contribution in [2.75, 3.05) is 13.2 Å². The molecule has 5 aromatic rings. The zero-order valence-electron chi connectivity index (χ0n) is 32.8. The number of aliphatic carboxylic acids is 1. The van der Waals surface area contributed by atoms with Crippen LogP contribution in [-0.4, -0.2) is 48.2 Å². The molecule has 2 aliphatic rings. The summed E-state index contributed by atoms with van der Waals surface area (Å²) >= 11 is 12.2. The molecule has 2 aliphatic heterocycles. The number of amides is 2. The number of hydrogen-bond donors (Lipinski definition) is 3. The molecule has 0 spiro atoms. The Morgan fingerprint density at radius 2 is 1.57 bits per heavy atom. The number of carbonyl (C=O) groups excluding carboxylic acids is 2. The monoisotopic (exact) mass is 847 g/mol. The number of hydrogen-bond acceptors (Lipinski definition) is 8. The van der Waals surface area contributed by atoms with Gasteiger partial charge in [-0.1, -0.05) is 84.7 Å². The molecule has 11 nitrogen and oxygen atoms in total. The van der Waals surface area contributed by atoms with E-state index >= 15 is 0 Å². The molecule has 5 aromatic carbocycles. The van der Waals surface area contributed by atoms with Crippen molar-refractivity contribution in [1.82, 2.24) is 10.6 Å². The van der Waals surface area contributed by atoms with Crippen LogP contribution in [0.4, 0.5) is 0 Å². The van der Waals surface area contributed by atoms with Crippen molar-refractivity contribution in [3.63, 3.8) is 0 Å². The fraction of sp³-hybridized carbons (Fsp3) is 0.277. The maximum atomic E-state index is 13.6. The zero-order chi connectivity index (χ0) is 42.2. The number of nitrogens with zero attached hydrogens (tertiary/aromatic N) is 1. The van der Waals surface area contributed by atoms with Crippen molar-refractivity contribution in [3.05, 3.63) is 147 Å². The molecular formula is C47H43Cl2N3O8. The van der Waals surface area contributed by atoms with E-state index in [9.17, 15) is 19.5 Å². The van der Waals surface area contributed by atoms with Gasteiger partial charge in [0.1, 0.15) is 31.1 Å². The molecule has 13 heteroatoms. The lowest BCUT2D eigenvalue weighted by molar-refractivity contribution is -0.142. The van der Waals surface area contributed by atoms with Gasteiger partial charge in [-0.25, -0.2) is 4.79 Å². The van der Waals surface area contributed by atoms with E-state index in [-0.39, 0.29) is 31.9 Å². The number of nitrogens with one attached hydrogen (secondary N) is 2. The Kier molecular flexibility index (Phi) is 13.6. The van der Waals surface area contributed by atoms with Crippen molar-refractivity contribution in [2.45, 2.75) is 64.0 Å². The second kappa shape index (κ2) is 19.3. The largest absolute Gasteiger partial charge is 0.489 e. The Bertz CT molecular complexity index is 2380. The Balaban J connectivity index is 1.02. The smallest absolute Gasteiger partial charge is 0.326 e. The number of fused-ring (bicyclic) bond motifs is 1. The summed E-state index contributed by atoms with van der Waals surface area (Å²) in [5.74, 6) is -0.770. The average molecular weight is 849 g/mol. The second-order valence-corrected chi connectivity index (χ2v) is 15.7. The lowest BCUT2D eigenvalue weighted by Crippen LogP contribution is -2.44. The van der Waals surface area contributed by atoms with Crippen LogP contribution < -0.4 is 24.8 Å². The highest BCUT2D eigenvalue weighted by atomic mass is 35.5. The summed E-state index contributed by atoms with van der Waals surface area (Å²) in [6.45, 7) is 2.98. The van der Waals surface area contributed by atoms with E-state index in [4.69, 9.17) is 47.4 Å². The summed E-state index contributed by atoms with van der Waals surface area (Å²) in [4.78, 5) is 38.9. The van der Waals surface area contributed by atoms with Gasteiger partial charge in [0.25, 0.3) is 0 Å². The molecule has 2 heterocycles. The molecule has 4 atom stereocenters. The Labute approximate surface area is 358 Å². The summed E-state index contributed by atoms with van der Waals surface area (Å²) in [6, 6.07) is 32.1. The van der Waals surface area contributed by atoms with Crippen LogP contribution >= 0.6 is 23.2 Å². The molecular weight excluding hydrogens is 805 g/mol. The molecule has 0 aliphatic carbocycles. The summed E-state index contributed by atoms with van der Waals surface area (Å²) in [5.41, 5.74) is 6.39. The first-order valence-corrected chi connectivity index (χ1v) is 20.4. The van der Waals surface area contributed by atoms with Gasteiger partial charge in [-0.05, 0) is 107 Å². The van der Waals surface area contributed by atoms with E-state index in [1.165, 1.54) is 0 Å². The van der Waals surface area contributed by atoms with Gasteiger partial charge in [-0.15, -0.1) is 0 Å². The zero-order valence-corrected chi connectivity index (χ0v) is 34.3. The van der Waals surface area contributed by atoms with E-state index in [1.807, 2.05) is 78.9 Å². The highest BCUT2D eigenvalue weighted by molar-refractivity contribution is 6.42. The van der Waals surface area contributed by atoms with Crippen molar-refractivity contribution in [1.29, 1.82) is 5.26 Å². The van der Waals surface area contributed by atoms with Gasteiger partial charge < -0.3 is 34.7 Å². The minimum absolute atomic E-state index is 0.0850. The van der Waals surface area contributed by atoms with Crippen LogP contribution in [0.2, 0.25) is 10.0 Å². The number of benzene rings is 5. The van der Waals surface area contributed by atoms with Crippen LogP contribution in [0.1, 0.15) is 59.3 Å². The predicted molar refractivity (Wildman–Crippen MR) is 226 cm³/mol. The number of rotatable bonds is 15. The molecule has 0 saturated carbocycles. The second-order valence-electron chi connectivity index (χ2n) is 14.9. The topological polar surface area (TPSA) is 156 Å². The lowest BCUT2D eigenvalue weighted by atomic mass is 9.94. The SMILES string of the molecule is C[C@@H](Cc1cc2c(cc1CNC(=O)C1CCCO1)OC(c1ccc(OCc3ccc(Cl)c(Cl)c3)cc1)CO2)C(=O)N[C@@H](Cc1ccc(-c2ccc(C#N)cc2)cc1)C(=O)O. The third-order valence-electron chi connectivity index (χ3n) is 10.6. The van der Waals surface area contributed by atoms with Gasteiger partial charge in [0.2, 0.25) is 11.8 Å².